The summed E-state index contributed by atoms with van der Waals surface area (Å²) in [5, 5.41) is 0. The van der Waals surface area contributed by atoms with Crippen LogP contribution in [0.2, 0.25) is 0 Å². The molecule has 0 aromatic carbocycles. The Bertz CT molecular complexity index is 865. The molecule has 0 bridgehead atoms. The van der Waals surface area contributed by atoms with Crippen LogP contribution in [0.1, 0.15) is 43.2 Å². The minimum Gasteiger partial charge on any atom is -0.290 e. The van der Waals surface area contributed by atoms with Gasteiger partial charge in [-0.2, -0.15) is 0 Å². The van der Waals surface area contributed by atoms with Gasteiger partial charge in [-0.1, -0.05) is 18.7 Å². The lowest BCUT2D eigenvalue weighted by Crippen LogP contribution is -2.49. The maximum absolute atomic E-state index is 13.5. The number of carbonyl (C=O) groups excluding carboxylic acids is 1. The monoisotopic (exact) mass is 319 g/mol. The zero-order chi connectivity index (χ0) is 17.1. The lowest BCUT2D eigenvalue weighted by atomic mass is 9.79. The van der Waals surface area contributed by atoms with Crippen LogP contribution >= 0.6 is 0 Å². The molecule has 2 aliphatic rings. The minimum absolute atomic E-state index is 0.141. The van der Waals surface area contributed by atoms with Crippen LogP contribution in [0, 0.1) is 0 Å². The fourth-order valence-electron chi connectivity index (χ4n) is 3.99. The summed E-state index contributed by atoms with van der Waals surface area (Å²) >= 11 is 0. The number of hydrogen-bond donors (Lipinski definition) is 0. The second-order valence-electron chi connectivity index (χ2n) is 7.70. The zero-order valence-electron chi connectivity index (χ0n) is 14.3. The summed E-state index contributed by atoms with van der Waals surface area (Å²) in [5.74, 6) is 0.939. The highest BCUT2D eigenvalue weighted by Crippen LogP contribution is 2.50. The molecular weight excluding hydrogens is 298 g/mol. The van der Waals surface area contributed by atoms with Crippen LogP contribution < -0.4 is 4.90 Å². The van der Waals surface area contributed by atoms with E-state index in [0.717, 1.165) is 28.2 Å². The van der Waals surface area contributed by atoms with Crippen LogP contribution in [0.15, 0.2) is 37.2 Å². The summed E-state index contributed by atoms with van der Waals surface area (Å²) in [6.07, 6.45) is 6.71. The third kappa shape index (κ3) is 1.89. The number of amides is 1. The highest BCUT2D eigenvalue weighted by molar-refractivity contribution is 6.09. The Labute approximate surface area is 142 Å². The molecule has 2 aromatic heterocycles. The minimum atomic E-state index is -0.563. The van der Waals surface area contributed by atoms with Gasteiger partial charge in [-0.25, -0.2) is 4.98 Å². The second kappa shape index (κ2) is 4.76. The van der Waals surface area contributed by atoms with Crippen LogP contribution in [0.5, 0.6) is 0 Å². The first-order valence-electron chi connectivity index (χ1n) is 8.27. The van der Waals surface area contributed by atoms with Gasteiger partial charge in [0.1, 0.15) is 5.82 Å². The zero-order valence-corrected chi connectivity index (χ0v) is 14.3. The topological polar surface area (TPSA) is 46.1 Å². The molecule has 122 valence electrons. The van der Waals surface area contributed by atoms with Crippen molar-refractivity contribution in [3.63, 3.8) is 0 Å². The maximum atomic E-state index is 13.5. The van der Waals surface area contributed by atoms with Crippen molar-refractivity contribution < 1.29 is 4.79 Å². The van der Waals surface area contributed by atoms with E-state index in [1.165, 1.54) is 0 Å². The summed E-state index contributed by atoms with van der Waals surface area (Å²) in [6, 6.07) is 6.07. The van der Waals surface area contributed by atoms with E-state index in [0.29, 0.717) is 12.8 Å². The van der Waals surface area contributed by atoms with E-state index < -0.39 is 5.41 Å². The van der Waals surface area contributed by atoms with Gasteiger partial charge in [0.15, 0.2) is 0 Å². The molecule has 2 aromatic rings. The van der Waals surface area contributed by atoms with Crippen molar-refractivity contribution in [3.05, 3.63) is 59.6 Å². The quantitative estimate of drug-likeness (QED) is 0.810. The Morgan fingerprint density at radius 3 is 2.79 bits per heavy atom. The van der Waals surface area contributed by atoms with Crippen molar-refractivity contribution in [2.45, 2.75) is 44.6 Å². The molecule has 1 aliphatic carbocycles. The molecule has 4 rings (SSSR count). The summed E-state index contributed by atoms with van der Waals surface area (Å²) in [5.41, 5.74) is 3.31. The van der Waals surface area contributed by atoms with E-state index in [-0.39, 0.29) is 11.4 Å². The van der Waals surface area contributed by atoms with E-state index in [1.807, 2.05) is 23.2 Å². The molecule has 1 atom stereocenters. The Kier molecular flexibility index (Phi) is 2.99. The third-order valence-electron chi connectivity index (χ3n) is 5.08. The number of pyridine rings is 2. The molecule has 24 heavy (non-hydrogen) atoms. The fraction of sp³-hybridized carbons (Fsp3) is 0.350. The van der Waals surface area contributed by atoms with Crippen molar-refractivity contribution in [3.8, 4) is 0 Å². The van der Waals surface area contributed by atoms with Crippen molar-refractivity contribution in [2.24, 2.45) is 0 Å². The summed E-state index contributed by atoms with van der Waals surface area (Å²) in [6.45, 7) is 9.98. The SMILES string of the molecule is C=Cc1cnc2c(c1)CC1(C2)C(=O)N(C(C)(C)C)c2ncccc21. The van der Waals surface area contributed by atoms with Crippen LogP contribution in [-0.2, 0) is 23.1 Å². The number of anilines is 1. The van der Waals surface area contributed by atoms with Crippen molar-refractivity contribution in [1.29, 1.82) is 0 Å². The molecule has 4 nitrogen and oxygen atoms in total. The van der Waals surface area contributed by atoms with Gasteiger partial charge in [0.25, 0.3) is 0 Å². The predicted octanol–water partition coefficient (Wildman–Crippen LogP) is 3.30. The molecule has 4 heteroatoms. The number of aromatic nitrogens is 2. The van der Waals surface area contributed by atoms with Gasteiger partial charge in [0, 0.05) is 35.6 Å². The summed E-state index contributed by atoms with van der Waals surface area (Å²) < 4.78 is 0. The highest BCUT2D eigenvalue weighted by atomic mass is 16.2. The van der Waals surface area contributed by atoms with Gasteiger partial charge in [-0.05, 0) is 50.5 Å². The van der Waals surface area contributed by atoms with E-state index >= 15 is 0 Å². The van der Waals surface area contributed by atoms with Crippen LogP contribution in [0.4, 0.5) is 5.82 Å². The molecule has 1 unspecified atom stereocenters. The average Bonchev–Trinajstić information content (AvgIpc) is 3.03. The van der Waals surface area contributed by atoms with E-state index in [1.54, 1.807) is 12.3 Å². The van der Waals surface area contributed by atoms with E-state index in [9.17, 15) is 4.79 Å². The van der Waals surface area contributed by atoms with E-state index in [4.69, 9.17) is 0 Å². The highest BCUT2D eigenvalue weighted by Gasteiger charge is 2.57. The Morgan fingerprint density at radius 1 is 1.29 bits per heavy atom. The normalized spacial score (nSPS) is 22.0. The molecular formula is C20H21N3O. The summed E-state index contributed by atoms with van der Waals surface area (Å²) in [4.78, 5) is 24.5. The average molecular weight is 319 g/mol. The van der Waals surface area contributed by atoms with Crippen molar-refractivity contribution in [1.82, 2.24) is 9.97 Å². The molecule has 0 radical (unpaired) electrons. The van der Waals surface area contributed by atoms with Crippen LogP contribution in [-0.4, -0.2) is 21.4 Å². The standard InChI is InChI=1S/C20H21N3O/c1-5-13-9-14-10-20(11-16(14)22-12-13)15-7-6-8-21-17(15)23(18(20)24)19(2,3)4/h5-9,12H,1,10-11H2,2-4H3. The molecule has 1 spiro atoms. The van der Waals surface area contributed by atoms with Gasteiger partial charge < -0.3 is 0 Å². The third-order valence-corrected chi connectivity index (χ3v) is 5.08. The largest absolute Gasteiger partial charge is 0.290 e. The first-order chi connectivity index (χ1) is 11.4. The van der Waals surface area contributed by atoms with Crippen LogP contribution in [0.25, 0.3) is 6.08 Å². The molecule has 0 fully saturated rings. The van der Waals surface area contributed by atoms with Gasteiger partial charge in [0.2, 0.25) is 5.91 Å². The Hall–Kier alpha value is -2.49. The van der Waals surface area contributed by atoms with Gasteiger partial charge in [0.05, 0.1) is 5.41 Å². The molecule has 0 N–H and O–H groups in total. The number of carbonyl (C=O) groups is 1. The number of hydrogen-bond acceptors (Lipinski definition) is 3. The second-order valence-corrected chi connectivity index (χ2v) is 7.70. The maximum Gasteiger partial charge on any atom is 0.240 e. The predicted molar refractivity (Wildman–Crippen MR) is 94.9 cm³/mol. The molecule has 1 aliphatic heterocycles. The van der Waals surface area contributed by atoms with Crippen molar-refractivity contribution >= 4 is 17.8 Å². The number of rotatable bonds is 1. The van der Waals surface area contributed by atoms with Crippen LogP contribution in [0.3, 0.4) is 0 Å². The molecule has 0 saturated carbocycles. The molecule has 0 saturated heterocycles. The number of nitrogens with zero attached hydrogens (tertiary/aromatic N) is 3. The van der Waals surface area contributed by atoms with Gasteiger partial charge in [-0.3, -0.25) is 14.7 Å². The number of fused-ring (bicyclic) bond motifs is 3. The van der Waals surface area contributed by atoms with Crippen molar-refractivity contribution in [2.75, 3.05) is 4.90 Å². The Morgan fingerprint density at radius 2 is 2.08 bits per heavy atom. The lowest BCUT2D eigenvalue weighted by molar-refractivity contribution is -0.123. The smallest absolute Gasteiger partial charge is 0.240 e. The van der Waals surface area contributed by atoms with Gasteiger partial charge >= 0.3 is 0 Å². The fourth-order valence-corrected chi connectivity index (χ4v) is 3.99. The molecule has 1 amide bonds. The lowest BCUT2D eigenvalue weighted by Gasteiger charge is -2.33. The first kappa shape index (κ1) is 15.1. The van der Waals surface area contributed by atoms with E-state index in [2.05, 4.69) is 43.4 Å². The van der Waals surface area contributed by atoms with Gasteiger partial charge in [-0.15, -0.1) is 0 Å². The first-order valence-corrected chi connectivity index (χ1v) is 8.27. The Balaban J connectivity index is 1.88. The summed E-state index contributed by atoms with van der Waals surface area (Å²) in [7, 11) is 0. The molecule has 3 heterocycles.